The molecule has 2 amide bonds. The van der Waals surface area contributed by atoms with E-state index in [1.165, 1.54) is 6.20 Å². The first-order valence-electron chi connectivity index (χ1n) is 9.26. The summed E-state index contributed by atoms with van der Waals surface area (Å²) in [6.45, 7) is 1.05. The largest absolute Gasteiger partial charge is 0.439 e. The highest BCUT2D eigenvalue weighted by Crippen LogP contribution is 2.23. The molecule has 1 fully saturated rings. The third kappa shape index (κ3) is 4.75. The predicted molar refractivity (Wildman–Crippen MR) is 108 cm³/mol. The Balaban J connectivity index is 1.28. The Morgan fingerprint density at radius 1 is 1.07 bits per heavy atom. The minimum atomic E-state index is -0.146. The molecule has 0 aliphatic carbocycles. The molecule has 1 aliphatic heterocycles. The molecule has 8 nitrogen and oxygen atoms in total. The highest BCUT2D eigenvalue weighted by Gasteiger charge is 2.28. The normalized spacial score (nSPS) is 14.4. The van der Waals surface area contributed by atoms with E-state index in [4.69, 9.17) is 4.74 Å². The molecule has 1 aromatic carbocycles. The van der Waals surface area contributed by atoms with Crippen molar-refractivity contribution < 1.29 is 14.3 Å². The zero-order valence-corrected chi connectivity index (χ0v) is 16.3. The van der Waals surface area contributed by atoms with E-state index in [0.717, 1.165) is 11.7 Å². The first-order valence-corrected chi connectivity index (χ1v) is 9.99. The fourth-order valence-electron chi connectivity index (χ4n) is 3.13. The Morgan fingerprint density at radius 3 is 2.52 bits per heavy atom. The minimum absolute atomic E-state index is 0.0639. The number of carbonyl (C=O) groups is 2. The van der Waals surface area contributed by atoms with Gasteiger partial charge in [0, 0.05) is 25.1 Å². The number of ether oxygens (including phenoxy) is 1. The average Bonchev–Trinajstić information content (AvgIpc) is 3.30. The highest BCUT2D eigenvalue weighted by molar-refractivity contribution is 6.99. The number of hydrogen-bond donors (Lipinski definition) is 1. The fourth-order valence-corrected chi connectivity index (χ4v) is 3.54. The van der Waals surface area contributed by atoms with E-state index in [0.29, 0.717) is 48.9 Å². The summed E-state index contributed by atoms with van der Waals surface area (Å²) in [5.74, 6) is 0.818. The minimum Gasteiger partial charge on any atom is -0.439 e. The molecule has 0 saturated carbocycles. The molecule has 0 spiro atoms. The number of likely N-dealkylation sites (tertiary alicyclic amines) is 1. The van der Waals surface area contributed by atoms with Crippen molar-refractivity contribution in [3.63, 3.8) is 0 Å². The lowest BCUT2D eigenvalue weighted by molar-refractivity contribution is -0.121. The van der Waals surface area contributed by atoms with Crippen molar-refractivity contribution in [2.24, 2.45) is 5.92 Å². The number of benzene rings is 1. The summed E-state index contributed by atoms with van der Waals surface area (Å²) < 4.78 is 13.5. The number of aromatic nitrogens is 3. The van der Waals surface area contributed by atoms with Crippen molar-refractivity contribution in [1.82, 2.24) is 18.6 Å². The van der Waals surface area contributed by atoms with Crippen molar-refractivity contribution in [2.75, 3.05) is 18.4 Å². The molecule has 0 atom stereocenters. The van der Waals surface area contributed by atoms with E-state index in [1.807, 2.05) is 30.3 Å². The molecule has 0 radical (unpaired) electrons. The van der Waals surface area contributed by atoms with Gasteiger partial charge < -0.3 is 15.0 Å². The van der Waals surface area contributed by atoms with Gasteiger partial charge in [0.15, 0.2) is 5.69 Å². The fraction of sp³-hybridized carbons (Fsp3) is 0.250. The summed E-state index contributed by atoms with van der Waals surface area (Å²) in [5.41, 5.74) is 0.976. The van der Waals surface area contributed by atoms with Gasteiger partial charge in [0.1, 0.15) is 5.75 Å². The molecule has 4 rings (SSSR count). The molecule has 9 heteroatoms. The summed E-state index contributed by atoms with van der Waals surface area (Å²) in [6, 6.07) is 12.9. The molecule has 2 aromatic heterocycles. The molecule has 29 heavy (non-hydrogen) atoms. The number of piperidine rings is 1. The van der Waals surface area contributed by atoms with E-state index >= 15 is 0 Å². The van der Waals surface area contributed by atoms with Gasteiger partial charge in [-0.15, -0.1) is 0 Å². The Labute approximate surface area is 171 Å². The van der Waals surface area contributed by atoms with Gasteiger partial charge in [0.05, 0.1) is 29.8 Å². The lowest BCUT2D eigenvalue weighted by atomic mass is 9.95. The van der Waals surface area contributed by atoms with E-state index in [-0.39, 0.29) is 17.7 Å². The summed E-state index contributed by atoms with van der Waals surface area (Å²) in [4.78, 5) is 30.8. The highest BCUT2D eigenvalue weighted by atomic mass is 32.1. The summed E-state index contributed by atoms with van der Waals surface area (Å²) >= 11 is 1.01. The van der Waals surface area contributed by atoms with Crippen molar-refractivity contribution >= 4 is 29.2 Å². The van der Waals surface area contributed by atoms with E-state index < -0.39 is 0 Å². The standard InChI is InChI=1S/C20H19N5O3S/c26-19(14-8-10-25(11-9-14)20(27)17-13-22-29-24-17)23-15-6-7-18(21-12-15)28-16-4-2-1-3-5-16/h1-7,12-14H,8-11H2,(H,23,26). The first kappa shape index (κ1) is 19.0. The number of hydrogen-bond acceptors (Lipinski definition) is 7. The zero-order chi connectivity index (χ0) is 20.1. The number of carbonyl (C=O) groups excluding carboxylic acids is 2. The van der Waals surface area contributed by atoms with Crippen LogP contribution in [0.3, 0.4) is 0 Å². The van der Waals surface area contributed by atoms with Crippen LogP contribution >= 0.6 is 11.7 Å². The van der Waals surface area contributed by atoms with Crippen LogP contribution < -0.4 is 10.1 Å². The Hall–Kier alpha value is -3.33. The van der Waals surface area contributed by atoms with E-state index in [9.17, 15) is 9.59 Å². The number of para-hydroxylation sites is 1. The summed E-state index contributed by atoms with van der Waals surface area (Å²) in [6.07, 6.45) is 4.27. The second-order valence-electron chi connectivity index (χ2n) is 6.65. The maximum atomic E-state index is 12.6. The molecule has 1 saturated heterocycles. The van der Waals surface area contributed by atoms with Crippen LogP contribution in [0.4, 0.5) is 5.69 Å². The van der Waals surface area contributed by atoms with Crippen LogP contribution in [0.1, 0.15) is 23.3 Å². The number of nitrogens with one attached hydrogen (secondary N) is 1. The molecule has 3 heterocycles. The quantitative estimate of drug-likeness (QED) is 0.695. The van der Waals surface area contributed by atoms with Crippen molar-refractivity contribution in [3.8, 4) is 11.6 Å². The Kier molecular flexibility index (Phi) is 5.76. The molecule has 148 valence electrons. The van der Waals surface area contributed by atoms with Crippen molar-refractivity contribution in [1.29, 1.82) is 0 Å². The van der Waals surface area contributed by atoms with E-state index in [2.05, 4.69) is 19.0 Å². The molecule has 3 aromatic rings. The molecule has 1 N–H and O–H groups in total. The smallest absolute Gasteiger partial charge is 0.275 e. The van der Waals surface area contributed by atoms with Gasteiger partial charge in [-0.25, -0.2) is 4.98 Å². The molecule has 1 aliphatic rings. The second kappa shape index (κ2) is 8.78. The van der Waals surface area contributed by atoms with Crippen LogP contribution in [0, 0.1) is 5.92 Å². The monoisotopic (exact) mass is 409 g/mol. The molecular weight excluding hydrogens is 390 g/mol. The number of pyridine rings is 1. The van der Waals surface area contributed by atoms with Gasteiger partial charge in [-0.3, -0.25) is 9.59 Å². The summed E-state index contributed by atoms with van der Waals surface area (Å²) in [5, 5.41) is 2.89. The van der Waals surface area contributed by atoms with Crippen molar-refractivity contribution in [2.45, 2.75) is 12.8 Å². The van der Waals surface area contributed by atoms with Gasteiger partial charge in [-0.1, -0.05) is 18.2 Å². The third-order valence-corrected chi connectivity index (χ3v) is 5.18. The van der Waals surface area contributed by atoms with Crippen LogP contribution in [0.2, 0.25) is 0 Å². The number of amides is 2. The van der Waals surface area contributed by atoms with Crippen LogP contribution in [0.15, 0.2) is 54.9 Å². The first-order chi connectivity index (χ1) is 14.2. The predicted octanol–water partition coefficient (Wildman–Crippen LogP) is 3.22. The van der Waals surface area contributed by atoms with E-state index in [1.54, 1.807) is 23.2 Å². The third-order valence-electron chi connectivity index (χ3n) is 4.70. The average molecular weight is 409 g/mol. The summed E-state index contributed by atoms with van der Waals surface area (Å²) in [7, 11) is 0. The van der Waals surface area contributed by atoms with Crippen molar-refractivity contribution in [3.05, 3.63) is 60.6 Å². The van der Waals surface area contributed by atoms with Gasteiger partial charge in [-0.2, -0.15) is 8.75 Å². The lowest BCUT2D eigenvalue weighted by Crippen LogP contribution is -2.41. The van der Waals surface area contributed by atoms with Gasteiger partial charge in [0.2, 0.25) is 11.8 Å². The SMILES string of the molecule is O=C(Nc1ccc(Oc2ccccc2)nc1)C1CCN(C(=O)c2cnsn2)CC1. The van der Waals surface area contributed by atoms with Gasteiger partial charge in [-0.05, 0) is 31.0 Å². The second-order valence-corrected chi connectivity index (χ2v) is 7.21. The van der Waals surface area contributed by atoms with Crippen LogP contribution in [0.5, 0.6) is 11.6 Å². The maximum Gasteiger partial charge on any atom is 0.275 e. The number of rotatable bonds is 5. The number of anilines is 1. The van der Waals surface area contributed by atoms with Gasteiger partial charge >= 0.3 is 0 Å². The lowest BCUT2D eigenvalue weighted by Gasteiger charge is -2.30. The van der Waals surface area contributed by atoms with Gasteiger partial charge in [0.25, 0.3) is 5.91 Å². The Bertz CT molecular complexity index is 956. The maximum absolute atomic E-state index is 12.6. The van der Waals surface area contributed by atoms with Crippen LogP contribution in [-0.4, -0.2) is 43.5 Å². The Morgan fingerprint density at radius 2 is 1.86 bits per heavy atom. The molecule has 0 unspecified atom stereocenters. The topological polar surface area (TPSA) is 97.3 Å². The number of nitrogens with zero attached hydrogens (tertiary/aromatic N) is 4. The van der Waals surface area contributed by atoms with Crippen LogP contribution in [-0.2, 0) is 4.79 Å². The zero-order valence-electron chi connectivity index (χ0n) is 15.5. The molecule has 0 bridgehead atoms. The van der Waals surface area contributed by atoms with Crippen LogP contribution in [0.25, 0.3) is 0 Å². The molecular formula is C20H19N5O3S.